The normalized spacial score (nSPS) is 45.3. The molecule has 0 aromatic carbocycles. The Morgan fingerprint density at radius 2 is 1.97 bits per heavy atom. The summed E-state index contributed by atoms with van der Waals surface area (Å²) in [6, 6.07) is 0. The van der Waals surface area contributed by atoms with E-state index in [1.165, 1.54) is 7.11 Å². The van der Waals surface area contributed by atoms with Crippen LogP contribution < -0.4 is 0 Å². The van der Waals surface area contributed by atoms with Crippen molar-refractivity contribution in [3.05, 3.63) is 23.8 Å². The van der Waals surface area contributed by atoms with Gasteiger partial charge in [0.25, 0.3) is 5.60 Å². The molecule has 31 heavy (non-hydrogen) atoms. The van der Waals surface area contributed by atoms with E-state index in [-0.39, 0.29) is 29.7 Å². The van der Waals surface area contributed by atoms with E-state index in [1.807, 2.05) is 13.8 Å². The zero-order valence-corrected chi connectivity index (χ0v) is 18.7. The average molecular weight is 433 g/mol. The highest BCUT2D eigenvalue weighted by molar-refractivity contribution is 6.18. The number of esters is 1. The van der Waals surface area contributed by atoms with Gasteiger partial charge in [-0.15, -0.1) is 0 Å². The van der Waals surface area contributed by atoms with Gasteiger partial charge in [0.05, 0.1) is 6.10 Å². The predicted octanol–water partition coefficient (Wildman–Crippen LogP) is 3.07. The van der Waals surface area contributed by atoms with Crippen LogP contribution in [0.1, 0.15) is 52.9 Å². The number of Topliss-reactive ketones (excluding diaryl/α,β-unsaturated/α-hetero) is 1. The summed E-state index contributed by atoms with van der Waals surface area (Å²) in [7, 11) is 1.32. The third-order valence-electron chi connectivity index (χ3n) is 7.89. The van der Waals surface area contributed by atoms with Crippen molar-refractivity contribution >= 4 is 17.7 Å². The number of carbonyl (C=O) groups is 3. The smallest absolute Gasteiger partial charge is 0.350 e. The summed E-state index contributed by atoms with van der Waals surface area (Å²) in [5, 5.41) is 9.72. The lowest BCUT2D eigenvalue weighted by Crippen LogP contribution is -2.66. The quantitative estimate of drug-likeness (QED) is 0.407. The van der Waals surface area contributed by atoms with Crippen molar-refractivity contribution in [1.29, 1.82) is 0 Å². The number of hydrogen-bond donors (Lipinski definition) is 1. The Morgan fingerprint density at radius 3 is 2.61 bits per heavy atom. The Balaban J connectivity index is 1.91. The maximum absolute atomic E-state index is 13.5. The predicted molar refractivity (Wildman–Crippen MR) is 111 cm³/mol. The maximum atomic E-state index is 13.5. The third kappa shape index (κ3) is 3.04. The van der Waals surface area contributed by atoms with Gasteiger partial charge in [-0.1, -0.05) is 46.3 Å². The first kappa shape index (κ1) is 22.2. The molecule has 1 N–H and O–H groups in total. The molecule has 4 aliphatic rings. The van der Waals surface area contributed by atoms with Crippen LogP contribution in [0, 0.1) is 23.7 Å². The number of fused-ring (bicyclic) bond motifs is 1. The lowest BCUT2D eigenvalue weighted by atomic mass is 9.64. The molecule has 0 amide bonds. The summed E-state index contributed by atoms with van der Waals surface area (Å²) in [6.07, 6.45) is 3.86. The second-order valence-corrected chi connectivity index (χ2v) is 9.96. The fourth-order valence-corrected chi connectivity index (χ4v) is 6.39. The number of rotatable bonds is 2. The van der Waals surface area contributed by atoms with Crippen LogP contribution in [0.25, 0.3) is 0 Å². The fraction of sp³-hybridized carbons (Fsp3) is 0.708. The molecule has 1 spiro atoms. The molecule has 8 unspecified atom stereocenters. The molecule has 0 aromatic rings. The number of methoxy groups -OCH3 is 1. The Morgan fingerprint density at radius 1 is 1.26 bits per heavy atom. The van der Waals surface area contributed by atoms with E-state index in [0.717, 1.165) is 19.3 Å². The van der Waals surface area contributed by atoms with Crippen molar-refractivity contribution in [2.75, 3.05) is 7.11 Å². The summed E-state index contributed by atoms with van der Waals surface area (Å²) in [5.74, 6) is -2.48. The van der Waals surface area contributed by atoms with Crippen LogP contribution in [-0.2, 0) is 28.6 Å². The molecule has 3 aliphatic heterocycles. The van der Waals surface area contributed by atoms with Crippen molar-refractivity contribution in [3.8, 4) is 0 Å². The number of carboxylic acid groups (broad SMARTS) is 1. The first-order chi connectivity index (χ1) is 14.6. The molecule has 7 heteroatoms. The van der Waals surface area contributed by atoms with Crippen LogP contribution in [0.5, 0.6) is 0 Å². The molecule has 3 heterocycles. The largest absolute Gasteiger partial charge is 0.478 e. The van der Waals surface area contributed by atoms with Crippen molar-refractivity contribution in [3.63, 3.8) is 0 Å². The van der Waals surface area contributed by atoms with E-state index in [1.54, 1.807) is 6.08 Å². The van der Waals surface area contributed by atoms with Crippen molar-refractivity contribution in [1.82, 2.24) is 0 Å². The number of ketones is 1. The second-order valence-electron chi connectivity index (χ2n) is 9.96. The summed E-state index contributed by atoms with van der Waals surface area (Å²) in [5.41, 5.74) is -2.47. The highest BCUT2D eigenvalue weighted by Crippen LogP contribution is 2.56. The number of carbonyl (C=O) groups excluding carboxylic acids is 2. The highest BCUT2D eigenvalue weighted by Gasteiger charge is 2.75. The Kier molecular flexibility index (Phi) is 5.41. The van der Waals surface area contributed by atoms with Gasteiger partial charge in [0, 0.05) is 24.2 Å². The molecular weight excluding hydrogens is 400 g/mol. The monoisotopic (exact) mass is 432 g/mol. The molecule has 2 bridgehead atoms. The van der Waals surface area contributed by atoms with Crippen LogP contribution in [0.3, 0.4) is 0 Å². The Labute approximate surface area is 182 Å². The average Bonchev–Trinajstić information content (AvgIpc) is 2.93. The van der Waals surface area contributed by atoms with E-state index >= 15 is 0 Å². The standard InChI is InChI=1S/C24H32O7/c1-12-7-6-8-16-10-17(20(26)27)14(3)11-23(16)21-24(29-5,22(28)31-23)19(25)15(4)18(30-21)13(2)9-12/h10,12-14,16,18,21H,4,6-9,11H2,1-3,5H3,(H,26,27). The van der Waals surface area contributed by atoms with Crippen molar-refractivity contribution in [2.45, 2.75) is 76.3 Å². The first-order valence-electron chi connectivity index (χ1n) is 11.2. The lowest BCUT2D eigenvalue weighted by molar-refractivity contribution is -0.196. The highest BCUT2D eigenvalue weighted by atomic mass is 16.7. The molecule has 0 aromatic heterocycles. The molecule has 3 fully saturated rings. The Hall–Kier alpha value is -1.99. The van der Waals surface area contributed by atoms with Gasteiger partial charge in [0.15, 0.2) is 0 Å². The van der Waals surface area contributed by atoms with Crippen molar-refractivity contribution < 1.29 is 33.7 Å². The van der Waals surface area contributed by atoms with Gasteiger partial charge in [-0.3, -0.25) is 4.79 Å². The fourth-order valence-electron chi connectivity index (χ4n) is 6.39. The van der Waals surface area contributed by atoms with Gasteiger partial charge in [-0.2, -0.15) is 0 Å². The molecular formula is C24H32O7. The summed E-state index contributed by atoms with van der Waals surface area (Å²) in [4.78, 5) is 38.7. The molecule has 7 nitrogen and oxygen atoms in total. The van der Waals surface area contributed by atoms with Crippen LogP contribution in [0.15, 0.2) is 23.8 Å². The van der Waals surface area contributed by atoms with E-state index in [9.17, 15) is 19.5 Å². The van der Waals surface area contributed by atoms with Gasteiger partial charge >= 0.3 is 11.9 Å². The molecule has 170 valence electrons. The number of ether oxygens (including phenoxy) is 3. The second kappa shape index (κ2) is 7.55. The SMILES string of the molecule is C=C1C(=O)C2(OC)C(=O)OC34CC(C)C(C(=O)O)=CC3CCCC(C)CC(C)C1OC24. The number of carboxylic acids is 1. The number of aliphatic carboxylic acids is 1. The van der Waals surface area contributed by atoms with Gasteiger partial charge in [0.1, 0.15) is 11.7 Å². The van der Waals surface area contributed by atoms with Crippen LogP contribution >= 0.6 is 0 Å². The van der Waals surface area contributed by atoms with Gasteiger partial charge in [-0.05, 0) is 37.0 Å². The molecule has 8 atom stereocenters. The zero-order valence-electron chi connectivity index (χ0n) is 18.7. The molecule has 4 rings (SSSR count). The van der Waals surface area contributed by atoms with Crippen LogP contribution in [-0.4, -0.2) is 53.3 Å². The molecule has 0 saturated carbocycles. The Bertz CT molecular complexity index is 860. The van der Waals surface area contributed by atoms with Crippen LogP contribution in [0.2, 0.25) is 0 Å². The lowest BCUT2D eigenvalue weighted by Gasteiger charge is -2.48. The van der Waals surface area contributed by atoms with Crippen LogP contribution in [0.4, 0.5) is 0 Å². The summed E-state index contributed by atoms with van der Waals surface area (Å²) in [6.45, 7) is 10.0. The molecule has 0 radical (unpaired) electrons. The zero-order chi connectivity index (χ0) is 22.7. The summed E-state index contributed by atoms with van der Waals surface area (Å²) < 4.78 is 18.2. The minimum Gasteiger partial charge on any atom is -0.478 e. The van der Waals surface area contributed by atoms with Crippen molar-refractivity contribution in [2.24, 2.45) is 23.7 Å². The van der Waals surface area contributed by atoms with Gasteiger partial charge in [0.2, 0.25) is 5.78 Å². The minimum atomic E-state index is -1.89. The molecule has 3 saturated heterocycles. The van der Waals surface area contributed by atoms with Gasteiger partial charge in [-0.25, -0.2) is 9.59 Å². The van der Waals surface area contributed by atoms with E-state index in [2.05, 4.69) is 13.5 Å². The first-order valence-corrected chi connectivity index (χ1v) is 11.2. The maximum Gasteiger partial charge on any atom is 0.350 e. The minimum absolute atomic E-state index is 0.0387. The van der Waals surface area contributed by atoms with E-state index in [4.69, 9.17) is 14.2 Å². The molecule has 1 aliphatic carbocycles. The van der Waals surface area contributed by atoms with Gasteiger partial charge < -0.3 is 19.3 Å². The number of hydrogen-bond acceptors (Lipinski definition) is 6. The third-order valence-corrected chi connectivity index (χ3v) is 7.89. The van der Waals surface area contributed by atoms with E-state index in [0.29, 0.717) is 17.9 Å². The van der Waals surface area contributed by atoms with E-state index < -0.39 is 41.1 Å². The topological polar surface area (TPSA) is 99.1 Å². The summed E-state index contributed by atoms with van der Waals surface area (Å²) >= 11 is 0.